The van der Waals surface area contributed by atoms with Crippen molar-refractivity contribution < 1.29 is 9.59 Å². The van der Waals surface area contributed by atoms with Crippen LogP contribution >= 0.6 is 35.0 Å². The van der Waals surface area contributed by atoms with Crippen LogP contribution in [0.25, 0.3) is 0 Å². The summed E-state index contributed by atoms with van der Waals surface area (Å²) in [4.78, 5) is 27.1. The first kappa shape index (κ1) is 23.6. The van der Waals surface area contributed by atoms with Crippen molar-refractivity contribution in [2.45, 2.75) is 45.2 Å². The van der Waals surface area contributed by atoms with E-state index in [2.05, 4.69) is 5.32 Å². The quantitative estimate of drug-likeness (QED) is 0.570. The number of halogens is 2. The van der Waals surface area contributed by atoms with Crippen LogP contribution in [0.5, 0.6) is 0 Å². The molecule has 7 heteroatoms. The molecule has 0 radical (unpaired) electrons. The predicted octanol–water partition coefficient (Wildman–Crippen LogP) is 5.17. The van der Waals surface area contributed by atoms with Crippen LogP contribution in [-0.2, 0) is 21.9 Å². The van der Waals surface area contributed by atoms with Gasteiger partial charge in [0, 0.05) is 28.4 Å². The van der Waals surface area contributed by atoms with E-state index in [1.807, 2.05) is 44.2 Å². The van der Waals surface area contributed by atoms with Crippen LogP contribution < -0.4 is 5.32 Å². The van der Waals surface area contributed by atoms with Gasteiger partial charge in [-0.2, -0.15) is 0 Å². The third-order valence-corrected chi connectivity index (χ3v) is 5.98. The number of hydrogen-bond donors (Lipinski definition) is 1. The van der Waals surface area contributed by atoms with Crippen molar-refractivity contribution in [3.8, 4) is 0 Å². The zero-order valence-corrected chi connectivity index (χ0v) is 19.2. The number of amides is 2. The SMILES string of the molecule is CC(C)NC(=O)C(C)N(Cc1ccccc1)C(=O)CSCc1c(Cl)cccc1Cl. The summed E-state index contributed by atoms with van der Waals surface area (Å²) in [5.41, 5.74) is 1.79. The molecule has 1 unspecified atom stereocenters. The summed E-state index contributed by atoms with van der Waals surface area (Å²) in [7, 11) is 0. The van der Waals surface area contributed by atoms with E-state index in [9.17, 15) is 9.59 Å². The van der Waals surface area contributed by atoms with Gasteiger partial charge in [-0.05, 0) is 44.0 Å². The minimum atomic E-state index is -0.574. The molecule has 0 saturated carbocycles. The molecule has 29 heavy (non-hydrogen) atoms. The number of nitrogens with zero attached hydrogens (tertiary/aromatic N) is 1. The molecule has 0 aliphatic heterocycles. The van der Waals surface area contributed by atoms with Gasteiger partial charge in [-0.25, -0.2) is 0 Å². The van der Waals surface area contributed by atoms with Crippen molar-refractivity contribution >= 4 is 46.8 Å². The fourth-order valence-corrected chi connectivity index (χ4v) is 4.41. The van der Waals surface area contributed by atoms with Gasteiger partial charge in [0.1, 0.15) is 6.04 Å². The highest BCUT2D eigenvalue weighted by atomic mass is 35.5. The van der Waals surface area contributed by atoms with Crippen molar-refractivity contribution in [1.29, 1.82) is 0 Å². The van der Waals surface area contributed by atoms with E-state index in [-0.39, 0.29) is 23.6 Å². The second kappa shape index (κ2) is 11.5. The number of thioether (sulfide) groups is 1. The Bertz CT molecular complexity index is 811. The monoisotopic (exact) mass is 452 g/mol. The molecule has 2 aromatic rings. The molecule has 0 aromatic heterocycles. The molecule has 4 nitrogen and oxygen atoms in total. The Hall–Kier alpha value is -1.69. The van der Waals surface area contributed by atoms with Crippen molar-refractivity contribution in [1.82, 2.24) is 10.2 Å². The minimum absolute atomic E-state index is 0.00960. The average Bonchev–Trinajstić information content (AvgIpc) is 2.68. The largest absolute Gasteiger partial charge is 0.352 e. The van der Waals surface area contributed by atoms with Gasteiger partial charge in [-0.3, -0.25) is 9.59 Å². The second-order valence-electron chi connectivity index (χ2n) is 7.04. The third-order valence-electron chi connectivity index (χ3n) is 4.33. The van der Waals surface area contributed by atoms with E-state index >= 15 is 0 Å². The molecule has 0 bridgehead atoms. The number of carbonyl (C=O) groups excluding carboxylic acids is 2. The topological polar surface area (TPSA) is 49.4 Å². The summed E-state index contributed by atoms with van der Waals surface area (Å²) in [5, 5.41) is 4.06. The van der Waals surface area contributed by atoms with Crippen LogP contribution in [0.2, 0.25) is 10.0 Å². The lowest BCUT2D eigenvalue weighted by molar-refractivity contribution is -0.138. The molecule has 0 spiro atoms. The molecule has 0 heterocycles. The van der Waals surface area contributed by atoms with Gasteiger partial charge in [0.2, 0.25) is 11.8 Å². The molecule has 0 fully saturated rings. The van der Waals surface area contributed by atoms with Crippen LogP contribution in [0.3, 0.4) is 0 Å². The van der Waals surface area contributed by atoms with E-state index in [0.29, 0.717) is 22.3 Å². The lowest BCUT2D eigenvalue weighted by atomic mass is 10.1. The molecular weight excluding hydrogens is 427 g/mol. The standard InChI is InChI=1S/C22H26Cl2N2O2S/c1-15(2)25-22(28)16(3)26(12-17-8-5-4-6-9-17)21(27)14-29-13-18-19(23)10-7-11-20(18)24/h4-11,15-16H,12-14H2,1-3H3,(H,25,28). The zero-order chi connectivity index (χ0) is 21.4. The lowest BCUT2D eigenvalue weighted by Crippen LogP contribution is -2.49. The molecule has 1 N–H and O–H groups in total. The molecule has 0 aliphatic rings. The molecule has 2 rings (SSSR count). The van der Waals surface area contributed by atoms with Crippen LogP contribution in [0.1, 0.15) is 31.9 Å². The van der Waals surface area contributed by atoms with Gasteiger partial charge in [-0.15, -0.1) is 11.8 Å². The Labute approximate surface area is 187 Å². The number of rotatable bonds is 9. The highest BCUT2D eigenvalue weighted by Gasteiger charge is 2.26. The first-order valence-corrected chi connectivity index (χ1v) is 11.3. The van der Waals surface area contributed by atoms with Crippen LogP contribution in [-0.4, -0.2) is 34.6 Å². The molecule has 156 valence electrons. The van der Waals surface area contributed by atoms with Crippen LogP contribution in [0.4, 0.5) is 0 Å². The maximum atomic E-state index is 13.0. The molecular formula is C22H26Cl2N2O2S. The summed E-state index contributed by atoms with van der Waals surface area (Å²) in [6.07, 6.45) is 0. The fourth-order valence-electron chi connectivity index (χ4n) is 2.76. The van der Waals surface area contributed by atoms with Crippen molar-refractivity contribution in [3.63, 3.8) is 0 Å². The van der Waals surface area contributed by atoms with Gasteiger partial charge in [0.25, 0.3) is 0 Å². The van der Waals surface area contributed by atoms with Crippen molar-refractivity contribution in [2.24, 2.45) is 0 Å². The maximum absolute atomic E-state index is 13.0. The van der Waals surface area contributed by atoms with E-state index in [1.54, 1.807) is 30.0 Å². The molecule has 0 saturated heterocycles. The first-order valence-electron chi connectivity index (χ1n) is 9.44. The number of hydrogen-bond acceptors (Lipinski definition) is 3. The van der Waals surface area contributed by atoms with E-state index < -0.39 is 6.04 Å². The van der Waals surface area contributed by atoms with Gasteiger partial charge < -0.3 is 10.2 Å². The van der Waals surface area contributed by atoms with Crippen molar-refractivity contribution in [2.75, 3.05) is 5.75 Å². The number of benzene rings is 2. The van der Waals surface area contributed by atoms with E-state index in [4.69, 9.17) is 23.2 Å². The van der Waals surface area contributed by atoms with E-state index in [1.165, 1.54) is 11.8 Å². The number of nitrogens with one attached hydrogen (secondary N) is 1. The smallest absolute Gasteiger partial charge is 0.242 e. The Morgan fingerprint density at radius 1 is 1.00 bits per heavy atom. The summed E-state index contributed by atoms with van der Waals surface area (Å²) in [6, 6.07) is 14.5. The maximum Gasteiger partial charge on any atom is 0.242 e. The van der Waals surface area contributed by atoms with Gasteiger partial charge in [0.15, 0.2) is 0 Å². The zero-order valence-electron chi connectivity index (χ0n) is 16.8. The van der Waals surface area contributed by atoms with E-state index in [0.717, 1.165) is 11.1 Å². The summed E-state index contributed by atoms with van der Waals surface area (Å²) < 4.78 is 0. The Morgan fingerprint density at radius 3 is 2.21 bits per heavy atom. The number of carbonyl (C=O) groups is 2. The highest BCUT2D eigenvalue weighted by molar-refractivity contribution is 7.99. The molecule has 2 amide bonds. The van der Waals surface area contributed by atoms with Gasteiger partial charge in [0.05, 0.1) is 5.75 Å². The summed E-state index contributed by atoms with van der Waals surface area (Å²) >= 11 is 13.9. The van der Waals surface area contributed by atoms with Crippen LogP contribution in [0, 0.1) is 0 Å². The molecule has 0 aliphatic carbocycles. The fraction of sp³-hybridized carbons (Fsp3) is 0.364. The first-order chi connectivity index (χ1) is 13.8. The average molecular weight is 453 g/mol. The van der Waals surface area contributed by atoms with Crippen LogP contribution in [0.15, 0.2) is 48.5 Å². The van der Waals surface area contributed by atoms with Gasteiger partial charge >= 0.3 is 0 Å². The minimum Gasteiger partial charge on any atom is -0.352 e. The molecule has 1 atom stereocenters. The Morgan fingerprint density at radius 2 is 1.62 bits per heavy atom. The summed E-state index contributed by atoms with van der Waals surface area (Å²) in [6.45, 7) is 5.93. The predicted molar refractivity (Wildman–Crippen MR) is 122 cm³/mol. The lowest BCUT2D eigenvalue weighted by Gasteiger charge is -2.29. The molecule has 2 aromatic carbocycles. The normalized spacial score (nSPS) is 11.9. The third kappa shape index (κ3) is 7.25. The summed E-state index contributed by atoms with van der Waals surface area (Å²) in [5.74, 6) is 0.487. The highest BCUT2D eigenvalue weighted by Crippen LogP contribution is 2.28. The second-order valence-corrected chi connectivity index (χ2v) is 8.84. The van der Waals surface area contributed by atoms with Crippen molar-refractivity contribution in [3.05, 3.63) is 69.7 Å². The Balaban J connectivity index is 2.08. The van der Waals surface area contributed by atoms with Gasteiger partial charge in [-0.1, -0.05) is 59.6 Å². The Kier molecular flexibility index (Phi) is 9.34.